The quantitative estimate of drug-likeness (QED) is 0.379. The van der Waals surface area contributed by atoms with E-state index in [2.05, 4.69) is 20.5 Å². The summed E-state index contributed by atoms with van der Waals surface area (Å²) < 4.78 is 12.6. The van der Waals surface area contributed by atoms with Crippen LogP contribution in [0.4, 0.5) is 0 Å². The second-order valence-corrected chi connectivity index (χ2v) is 5.81. The lowest BCUT2D eigenvalue weighted by Gasteiger charge is -2.08. The summed E-state index contributed by atoms with van der Waals surface area (Å²) in [6, 6.07) is 17.5. The van der Waals surface area contributed by atoms with E-state index in [9.17, 15) is 4.79 Å². The number of rotatable bonds is 6. The van der Waals surface area contributed by atoms with Crippen LogP contribution in [0.15, 0.2) is 79.4 Å². The van der Waals surface area contributed by atoms with Gasteiger partial charge < -0.3 is 9.47 Å². The van der Waals surface area contributed by atoms with Crippen LogP contribution >= 0.6 is 0 Å². The molecule has 8 heteroatoms. The van der Waals surface area contributed by atoms with E-state index in [1.165, 1.54) is 11.0 Å². The third-order valence-electron chi connectivity index (χ3n) is 3.91. The SMILES string of the molecule is O=C(Oc1ccc(OCc2ccncc2)cc1)c1ccc(-n2cnnn2)cc1. The van der Waals surface area contributed by atoms with Crippen molar-refractivity contribution >= 4 is 5.97 Å². The number of carbonyl (C=O) groups excluding carboxylic acids is 1. The van der Waals surface area contributed by atoms with Gasteiger partial charge in [0.1, 0.15) is 24.4 Å². The van der Waals surface area contributed by atoms with Gasteiger partial charge in [-0.15, -0.1) is 5.10 Å². The maximum atomic E-state index is 12.3. The Bertz CT molecular complexity index is 1030. The maximum Gasteiger partial charge on any atom is 0.343 e. The number of benzene rings is 2. The number of carbonyl (C=O) groups is 1. The molecule has 0 saturated carbocycles. The Hall–Kier alpha value is -4.07. The summed E-state index contributed by atoms with van der Waals surface area (Å²) >= 11 is 0. The first kappa shape index (κ1) is 17.3. The Labute approximate surface area is 160 Å². The van der Waals surface area contributed by atoms with E-state index in [-0.39, 0.29) is 0 Å². The first-order valence-electron chi connectivity index (χ1n) is 8.45. The number of ether oxygens (including phenoxy) is 2. The third kappa shape index (κ3) is 4.18. The average molecular weight is 373 g/mol. The number of aromatic nitrogens is 5. The van der Waals surface area contributed by atoms with E-state index in [0.717, 1.165) is 11.3 Å². The number of pyridine rings is 1. The number of hydrogen-bond donors (Lipinski definition) is 0. The third-order valence-corrected chi connectivity index (χ3v) is 3.91. The van der Waals surface area contributed by atoms with Crippen LogP contribution in [0.2, 0.25) is 0 Å². The van der Waals surface area contributed by atoms with Gasteiger partial charge in [0, 0.05) is 12.4 Å². The lowest BCUT2D eigenvalue weighted by molar-refractivity contribution is 0.0734. The van der Waals surface area contributed by atoms with Gasteiger partial charge in [-0.3, -0.25) is 4.98 Å². The summed E-state index contributed by atoms with van der Waals surface area (Å²) in [5.41, 5.74) is 2.20. The van der Waals surface area contributed by atoms with Crippen molar-refractivity contribution in [3.8, 4) is 17.2 Å². The molecule has 28 heavy (non-hydrogen) atoms. The zero-order valence-electron chi connectivity index (χ0n) is 14.7. The summed E-state index contributed by atoms with van der Waals surface area (Å²) in [5, 5.41) is 11.0. The fourth-order valence-corrected chi connectivity index (χ4v) is 2.45. The van der Waals surface area contributed by atoms with Crippen molar-refractivity contribution in [2.45, 2.75) is 6.61 Å². The van der Waals surface area contributed by atoms with Crippen LogP contribution in [-0.2, 0) is 6.61 Å². The molecule has 0 spiro atoms. The monoisotopic (exact) mass is 373 g/mol. The van der Waals surface area contributed by atoms with Gasteiger partial charge in [-0.1, -0.05) is 0 Å². The molecular formula is C20H15N5O3. The Kier molecular flexibility index (Phi) is 5.01. The van der Waals surface area contributed by atoms with E-state index in [1.54, 1.807) is 60.9 Å². The van der Waals surface area contributed by atoms with E-state index in [0.29, 0.717) is 23.7 Å². The van der Waals surface area contributed by atoms with Gasteiger partial charge in [-0.25, -0.2) is 9.48 Å². The predicted octanol–water partition coefficient (Wildman–Crippen LogP) is 2.86. The summed E-state index contributed by atoms with van der Waals surface area (Å²) in [6.07, 6.45) is 4.92. The number of hydrogen-bond acceptors (Lipinski definition) is 7. The van der Waals surface area contributed by atoms with Gasteiger partial charge in [0.05, 0.1) is 11.3 Å². The molecule has 0 N–H and O–H groups in total. The molecular weight excluding hydrogens is 358 g/mol. The lowest BCUT2D eigenvalue weighted by Crippen LogP contribution is -2.08. The summed E-state index contributed by atoms with van der Waals surface area (Å²) in [4.78, 5) is 16.3. The van der Waals surface area contributed by atoms with Crippen molar-refractivity contribution in [1.29, 1.82) is 0 Å². The van der Waals surface area contributed by atoms with Gasteiger partial charge in [-0.05, 0) is 76.7 Å². The van der Waals surface area contributed by atoms with Crippen LogP contribution in [-0.4, -0.2) is 31.2 Å². The van der Waals surface area contributed by atoms with Gasteiger partial charge in [0.15, 0.2) is 0 Å². The minimum atomic E-state index is -0.450. The van der Waals surface area contributed by atoms with Crippen molar-refractivity contribution in [2.24, 2.45) is 0 Å². The fourth-order valence-electron chi connectivity index (χ4n) is 2.45. The smallest absolute Gasteiger partial charge is 0.343 e. The molecule has 0 radical (unpaired) electrons. The van der Waals surface area contributed by atoms with Crippen molar-refractivity contribution < 1.29 is 14.3 Å². The molecule has 8 nitrogen and oxygen atoms in total. The standard InChI is InChI=1S/C20H15N5O3/c26-20(16-1-3-17(4-2-16)25-14-22-23-24-25)28-19-7-5-18(6-8-19)27-13-15-9-11-21-12-10-15/h1-12,14H,13H2. The largest absolute Gasteiger partial charge is 0.489 e. The highest BCUT2D eigenvalue weighted by Crippen LogP contribution is 2.20. The van der Waals surface area contributed by atoms with Crippen LogP contribution in [0.1, 0.15) is 15.9 Å². The predicted molar refractivity (Wildman–Crippen MR) is 99.1 cm³/mol. The highest BCUT2D eigenvalue weighted by Gasteiger charge is 2.09. The summed E-state index contributed by atoms with van der Waals surface area (Å²) in [6.45, 7) is 0.440. The zero-order chi connectivity index (χ0) is 19.2. The van der Waals surface area contributed by atoms with E-state index >= 15 is 0 Å². The summed E-state index contributed by atoms with van der Waals surface area (Å²) in [7, 11) is 0. The Morgan fingerprint density at radius 1 is 0.893 bits per heavy atom. The molecule has 2 aromatic heterocycles. The zero-order valence-corrected chi connectivity index (χ0v) is 14.7. The fraction of sp³-hybridized carbons (Fsp3) is 0.0500. The van der Waals surface area contributed by atoms with Crippen molar-refractivity contribution in [3.05, 3.63) is 90.5 Å². The van der Waals surface area contributed by atoms with Crippen molar-refractivity contribution in [3.63, 3.8) is 0 Å². The van der Waals surface area contributed by atoms with Gasteiger partial charge in [0.25, 0.3) is 0 Å². The van der Waals surface area contributed by atoms with E-state index in [1.807, 2.05) is 12.1 Å². The first-order chi connectivity index (χ1) is 13.8. The Balaban J connectivity index is 1.35. The van der Waals surface area contributed by atoms with Crippen LogP contribution in [0.3, 0.4) is 0 Å². The highest BCUT2D eigenvalue weighted by molar-refractivity contribution is 5.91. The van der Waals surface area contributed by atoms with Crippen LogP contribution in [0, 0.1) is 0 Å². The normalized spacial score (nSPS) is 10.4. The van der Waals surface area contributed by atoms with Crippen molar-refractivity contribution in [1.82, 2.24) is 25.2 Å². The average Bonchev–Trinajstić information content (AvgIpc) is 3.29. The molecule has 0 saturated heterocycles. The summed E-state index contributed by atoms with van der Waals surface area (Å²) in [5.74, 6) is 0.668. The molecule has 0 unspecified atom stereocenters. The number of nitrogens with zero attached hydrogens (tertiary/aromatic N) is 5. The molecule has 0 bridgehead atoms. The molecule has 0 aliphatic carbocycles. The molecule has 0 aliphatic rings. The number of tetrazole rings is 1. The molecule has 4 aromatic rings. The molecule has 0 amide bonds. The molecule has 0 aliphatic heterocycles. The molecule has 0 atom stereocenters. The van der Waals surface area contributed by atoms with E-state index < -0.39 is 5.97 Å². The van der Waals surface area contributed by atoms with Crippen LogP contribution < -0.4 is 9.47 Å². The minimum Gasteiger partial charge on any atom is -0.489 e. The molecule has 0 fully saturated rings. The van der Waals surface area contributed by atoms with E-state index in [4.69, 9.17) is 9.47 Å². The highest BCUT2D eigenvalue weighted by atomic mass is 16.5. The second kappa shape index (κ2) is 8.09. The van der Waals surface area contributed by atoms with Crippen molar-refractivity contribution in [2.75, 3.05) is 0 Å². The van der Waals surface area contributed by atoms with Gasteiger partial charge >= 0.3 is 5.97 Å². The minimum absolute atomic E-state index is 0.426. The molecule has 2 aromatic carbocycles. The topological polar surface area (TPSA) is 92.0 Å². The van der Waals surface area contributed by atoms with Gasteiger partial charge in [0.2, 0.25) is 0 Å². The Morgan fingerprint density at radius 3 is 2.29 bits per heavy atom. The van der Waals surface area contributed by atoms with Crippen LogP contribution in [0.5, 0.6) is 11.5 Å². The molecule has 2 heterocycles. The lowest BCUT2D eigenvalue weighted by atomic mass is 10.2. The van der Waals surface area contributed by atoms with Crippen LogP contribution in [0.25, 0.3) is 5.69 Å². The second-order valence-electron chi connectivity index (χ2n) is 5.81. The molecule has 4 rings (SSSR count). The number of esters is 1. The Morgan fingerprint density at radius 2 is 1.61 bits per heavy atom. The first-order valence-corrected chi connectivity index (χ1v) is 8.45. The molecule has 138 valence electrons. The maximum absolute atomic E-state index is 12.3. The van der Waals surface area contributed by atoms with Gasteiger partial charge in [-0.2, -0.15) is 0 Å².